The molecule has 0 aliphatic carbocycles. The zero-order valence-corrected chi connectivity index (χ0v) is 7.14. The molecule has 0 saturated carbocycles. The first-order valence-electron chi connectivity index (χ1n) is 3.51. The van der Waals surface area contributed by atoms with Crippen LogP contribution in [-0.4, -0.2) is 6.16 Å². The molecule has 0 aromatic rings. The summed E-state index contributed by atoms with van der Waals surface area (Å²) in [6.45, 7) is 4.55. The van der Waals surface area contributed by atoms with Crippen LogP contribution < -0.4 is 0 Å². The summed E-state index contributed by atoms with van der Waals surface area (Å²) < 4.78 is 0. The fourth-order valence-corrected chi connectivity index (χ4v) is 0.906. The van der Waals surface area contributed by atoms with Crippen LogP contribution in [0.25, 0.3) is 0 Å². The zero-order valence-electron chi connectivity index (χ0n) is 5.98. The van der Waals surface area contributed by atoms with Crippen molar-refractivity contribution in [1.29, 1.82) is 0 Å². The van der Waals surface area contributed by atoms with Gasteiger partial charge in [0, 0.05) is 0 Å². The summed E-state index contributed by atoms with van der Waals surface area (Å²) >= 11 is 0. The van der Waals surface area contributed by atoms with Crippen molar-refractivity contribution in [2.45, 2.75) is 33.1 Å². The molecule has 0 heterocycles. The summed E-state index contributed by atoms with van der Waals surface area (Å²) in [5.41, 5.74) is 0. The summed E-state index contributed by atoms with van der Waals surface area (Å²) in [5, 5.41) is 0. The van der Waals surface area contributed by atoms with E-state index in [2.05, 4.69) is 23.1 Å². The van der Waals surface area contributed by atoms with E-state index >= 15 is 0 Å². The SMILES string of the molecule is CCCCC(C)CP. The average Bonchev–Trinajstić information content (AvgIpc) is 1.83. The Morgan fingerprint density at radius 1 is 1.50 bits per heavy atom. The molecule has 0 rings (SSSR count). The van der Waals surface area contributed by atoms with Crippen molar-refractivity contribution in [3.63, 3.8) is 0 Å². The molecular weight excluding hydrogens is 115 g/mol. The maximum absolute atomic E-state index is 2.79. The highest BCUT2D eigenvalue weighted by Crippen LogP contribution is 2.09. The molecule has 0 aliphatic rings. The highest BCUT2D eigenvalue weighted by molar-refractivity contribution is 7.16. The Morgan fingerprint density at radius 2 is 2.12 bits per heavy atom. The van der Waals surface area contributed by atoms with E-state index in [1.165, 1.54) is 25.4 Å². The van der Waals surface area contributed by atoms with Gasteiger partial charge in [0.2, 0.25) is 0 Å². The summed E-state index contributed by atoms with van der Waals surface area (Å²) in [4.78, 5) is 0. The second-order valence-corrected chi connectivity index (χ2v) is 2.95. The van der Waals surface area contributed by atoms with Gasteiger partial charge in [0.15, 0.2) is 0 Å². The Hall–Kier alpha value is 0.430. The van der Waals surface area contributed by atoms with Crippen molar-refractivity contribution < 1.29 is 0 Å². The number of rotatable bonds is 4. The fourth-order valence-electron chi connectivity index (χ4n) is 0.670. The standard InChI is InChI=1S/C7H17P/c1-3-4-5-7(2)6-8/h7H,3-6,8H2,1-2H3. The van der Waals surface area contributed by atoms with Crippen LogP contribution in [0.5, 0.6) is 0 Å². The molecule has 0 saturated heterocycles. The molecule has 0 nitrogen and oxygen atoms in total. The molecule has 2 atom stereocenters. The van der Waals surface area contributed by atoms with Crippen molar-refractivity contribution in [2.75, 3.05) is 6.16 Å². The summed E-state index contributed by atoms with van der Waals surface area (Å²) in [5.74, 6) is 0.917. The second kappa shape index (κ2) is 5.56. The molecule has 0 N–H and O–H groups in total. The Morgan fingerprint density at radius 3 is 2.50 bits per heavy atom. The Labute approximate surface area is 55.3 Å². The van der Waals surface area contributed by atoms with Crippen LogP contribution in [0.4, 0.5) is 0 Å². The summed E-state index contributed by atoms with van der Waals surface area (Å²) in [7, 11) is 2.79. The highest BCUT2D eigenvalue weighted by atomic mass is 31.0. The molecule has 2 unspecified atom stereocenters. The Kier molecular flexibility index (Phi) is 5.86. The molecule has 0 aromatic carbocycles. The van der Waals surface area contributed by atoms with Crippen LogP contribution in [-0.2, 0) is 0 Å². The van der Waals surface area contributed by atoms with E-state index in [4.69, 9.17) is 0 Å². The third kappa shape index (κ3) is 4.59. The van der Waals surface area contributed by atoms with Gasteiger partial charge in [0.1, 0.15) is 0 Å². The van der Waals surface area contributed by atoms with Gasteiger partial charge in [-0.05, 0) is 12.1 Å². The summed E-state index contributed by atoms with van der Waals surface area (Å²) in [6, 6.07) is 0. The number of hydrogen-bond acceptors (Lipinski definition) is 0. The number of unbranched alkanes of at least 4 members (excludes halogenated alkanes) is 1. The molecule has 1 heteroatoms. The van der Waals surface area contributed by atoms with Gasteiger partial charge in [0.05, 0.1) is 0 Å². The minimum absolute atomic E-state index is 0.917. The van der Waals surface area contributed by atoms with E-state index in [0.717, 1.165) is 5.92 Å². The minimum Gasteiger partial charge on any atom is -0.137 e. The average molecular weight is 132 g/mol. The van der Waals surface area contributed by atoms with E-state index in [1.807, 2.05) is 0 Å². The normalized spacial score (nSPS) is 13.9. The minimum atomic E-state index is 0.917. The molecule has 0 spiro atoms. The van der Waals surface area contributed by atoms with Crippen LogP contribution >= 0.6 is 9.24 Å². The van der Waals surface area contributed by atoms with E-state index in [-0.39, 0.29) is 0 Å². The molecule has 0 fully saturated rings. The lowest BCUT2D eigenvalue weighted by atomic mass is 10.1. The topological polar surface area (TPSA) is 0 Å². The van der Waals surface area contributed by atoms with Gasteiger partial charge in [-0.15, -0.1) is 9.24 Å². The largest absolute Gasteiger partial charge is 0.137 e. The molecular formula is C7H17P. The third-order valence-electron chi connectivity index (χ3n) is 1.45. The van der Waals surface area contributed by atoms with Crippen LogP contribution in [0.2, 0.25) is 0 Å². The van der Waals surface area contributed by atoms with Crippen LogP contribution in [0, 0.1) is 5.92 Å². The lowest BCUT2D eigenvalue weighted by molar-refractivity contribution is 0.557. The van der Waals surface area contributed by atoms with E-state index in [1.54, 1.807) is 0 Å². The first kappa shape index (κ1) is 8.43. The lowest BCUT2D eigenvalue weighted by Crippen LogP contribution is -1.93. The van der Waals surface area contributed by atoms with Gasteiger partial charge in [-0.3, -0.25) is 0 Å². The quantitative estimate of drug-likeness (QED) is 0.516. The molecule has 0 bridgehead atoms. The van der Waals surface area contributed by atoms with Crippen LogP contribution in [0.1, 0.15) is 33.1 Å². The molecule has 0 radical (unpaired) electrons. The van der Waals surface area contributed by atoms with Gasteiger partial charge in [0.25, 0.3) is 0 Å². The Balaban J connectivity index is 2.86. The smallest absolute Gasteiger partial charge is 0.0355 e. The van der Waals surface area contributed by atoms with Crippen molar-refractivity contribution in [3.05, 3.63) is 0 Å². The molecule has 0 aliphatic heterocycles. The third-order valence-corrected chi connectivity index (χ3v) is 2.26. The van der Waals surface area contributed by atoms with Gasteiger partial charge in [-0.2, -0.15) is 0 Å². The van der Waals surface area contributed by atoms with Gasteiger partial charge in [-0.1, -0.05) is 33.1 Å². The highest BCUT2D eigenvalue weighted by Gasteiger charge is 1.94. The maximum atomic E-state index is 2.79. The van der Waals surface area contributed by atoms with E-state index in [9.17, 15) is 0 Å². The lowest BCUT2D eigenvalue weighted by Gasteiger charge is -2.04. The molecule has 50 valence electrons. The van der Waals surface area contributed by atoms with Crippen molar-refractivity contribution >= 4 is 9.24 Å². The second-order valence-electron chi connectivity index (χ2n) is 2.48. The van der Waals surface area contributed by atoms with Gasteiger partial charge in [-0.25, -0.2) is 0 Å². The molecule has 8 heavy (non-hydrogen) atoms. The van der Waals surface area contributed by atoms with E-state index < -0.39 is 0 Å². The van der Waals surface area contributed by atoms with Crippen molar-refractivity contribution in [3.8, 4) is 0 Å². The first-order valence-corrected chi connectivity index (χ1v) is 4.33. The van der Waals surface area contributed by atoms with Crippen molar-refractivity contribution in [1.82, 2.24) is 0 Å². The predicted octanol–water partition coefficient (Wildman–Crippen LogP) is 2.69. The van der Waals surface area contributed by atoms with Crippen molar-refractivity contribution in [2.24, 2.45) is 5.92 Å². The zero-order chi connectivity index (χ0) is 6.41. The van der Waals surface area contributed by atoms with Crippen LogP contribution in [0.3, 0.4) is 0 Å². The monoisotopic (exact) mass is 132 g/mol. The summed E-state index contributed by atoms with van der Waals surface area (Å²) in [6.07, 6.45) is 5.41. The molecule has 0 aromatic heterocycles. The molecule has 0 amide bonds. The Bertz CT molecular complexity index is 43.7. The maximum Gasteiger partial charge on any atom is -0.0355 e. The fraction of sp³-hybridized carbons (Fsp3) is 1.00. The van der Waals surface area contributed by atoms with Crippen LogP contribution in [0.15, 0.2) is 0 Å². The predicted molar refractivity (Wildman–Crippen MR) is 43.3 cm³/mol. The van der Waals surface area contributed by atoms with Gasteiger partial charge >= 0.3 is 0 Å². The first-order chi connectivity index (χ1) is 3.81. The van der Waals surface area contributed by atoms with E-state index in [0.29, 0.717) is 0 Å². The number of hydrogen-bond donors (Lipinski definition) is 0. The van der Waals surface area contributed by atoms with Gasteiger partial charge < -0.3 is 0 Å².